The van der Waals surface area contributed by atoms with E-state index < -0.39 is 5.54 Å². The summed E-state index contributed by atoms with van der Waals surface area (Å²) < 4.78 is 0. The zero-order valence-electron chi connectivity index (χ0n) is 15.3. The average Bonchev–Trinajstić information content (AvgIpc) is 2.59. The van der Waals surface area contributed by atoms with Gasteiger partial charge in [0, 0.05) is 12.1 Å². The Kier molecular flexibility index (Phi) is 6.42. The second-order valence-corrected chi connectivity index (χ2v) is 7.19. The van der Waals surface area contributed by atoms with Gasteiger partial charge in [0.1, 0.15) is 5.82 Å². The number of carbonyl (C=O) groups is 1. The summed E-state index contributed by atoms with van der Waals surface area (Å²) >= 11 is 0. The number of aromatic nitrogens is 2. The summed E-state index contributed by atoms with van der Waals surface area (Å²) in [5.74, 6) is 0.393. The van der Waals surface area contributed by atoms with Gasteiger partial charge < -0.3 is 15.6 Å². The first-order chi connectivity index (χ1) is 11.9. The van der Waals surface area contributed by atoms with Gasteiger partial charge in [0.15, 0.2) is 0 Å². The number of nitrogens with one attached hydrogen (secondary N) is 1. The van der Waals surface area contributed by atoms with Gasteiger partial charge in [-0.3, -0.25) is 9.59 Å². The highest BCUT2D eigenvalue weighted by Gasteiger charge is 2.39. The van der Waals surface area contributed by atoms with Crippen molar-refractivity contribution in [1.29, 1.82) is 0 Å². The molecule has 1 heterocycles. The molecule has 1 aromatic heterocycles. The van der Waals surface area contributed by atoms with E-state index in [1.165, 1.54) is 0 Å². The van der Waals surface area contributed by atoms with E-state index in [4.69, 9.17) is 5.73 Å². The van der Waals surface area contributed by atoms with Crippen molar-refractivity contribution in [2.45, 2.75) is 51.6 Å². The number of fused-ring (bicyclic) bond motifs is 1. The summed E-state index contributed by atoms with van der Waals surface area (Å²) in [7, 11) is 0. The number of carbonyl (C=O) groups excluding carboxylic acids is 1. The fourth-order valence-corrected chi connectivity index (χ4v) is 3.72. The lowest BCUT2D eigenvalue weighted by molar-refractivity contribution is -0.139. The van der Waals surface area contributed by atoms with Crippen molar-refractivity contribution >= 4 is 29.2 Å². The van der Waals surface area contributed by atoms with Crippen LogP contribution >= 0.6 is 12.4 Å². The zero-order chi connectivity index (χ0) is 18.0. The highest BCUT2D eigenvalue weighted by molar-refractivity contribution is 5.85. The van der Waals surface area contributed by atoms with E-state index in [0.717, 1.165) is 25.7 Å². The molecular weight excluding hydrogens is 352 g/mol. The molecule has 0 bridgehead atoms. The maximum atomic E-state index is 13.0. The number of H-pyrrole nitrogens is 1. The lowest BCUT2D eigenvalue weighted by Gasteiger charge is -2.39. The van der Waals surface area contributed by atoms with E-state index in [-0.39, 0.29) is 29.8 Å². The maximum Gasteiger partial charge on any atom is 0.258 e. The summed E-state index contributed by atoms with van der Waals surface area (Å²) in [4.78, 5) is 34.3. The van der Waals surface area contributed by atoms with E-state index in [1.54, 1.807) is 11.0 Å². The number of hydrogen-bond acceptors (Lipinski definition) is 4. The third-order valence-electron chi connectivity index (χ3n) is 5.25. The monoisotopic (exact) mass is 378 g/mol. The number of halogens is 1. The normalized spacial score (nSPS) is 22.7. The van der Waals surface area contributed by atoms with Gasteiger partial charge in [0.05, 0.1) is 23.4 Å². The molecule has 0 radical (unpaired) electrons. The maximum absolute atomic E-state index is 13.0. The Labute approximate surface area is 159 Å². The van der Waals surface area contributed by atoms with E-state index in [0.29, 0.717) is 29.8 Å². The molecule has 0 saturated heterocycles. The van der Waals surface area contributed by atoms with Crippen LogP contribution in [0.5, 0.6) is 0 Å². The first kappa shape index (κ1) is 20.4. The molecular formula is C19H27ClN4O2. The molecule has 1 saturated carbocycles. The number of nitrogens with zero attached hydrogens (tertiary/aromatic N) is 2. The molecule has 1 amide bonds. The molecule has 26 heavy (non-hydrogen) atoms. The van der Waals surface area contributed by atoms with Crippen LogP contribution in [0.2, 0.25) is 0 Å². The van der Waals surface area contributed by atoms with Crippen LogP contribution in [0.3, 0.4) is 0 Å². The molecule has 6 nitrogen and oxygen atoms in total. The molecule has 142 valence electrons. The van der Waals surface area contributed by atoms with Gasteiger partial charge in [0.25, 0.3) is 5.56 Å². The second kappa shape index (κ2) is 8.18. The summed E-state index contributed by atoms with van der Waals surface area (Å²) in [6.07, 6.45) is 3.80. The van der Waals surface area contributed by atoms with Crippen molar-refractivity contribution in [3.05, 3.63) is 40.4 Å². The van der Waals surface area contributed by atoms with Gasteiger partial charge in [0.2, 0.25) is 5.91 Å². The first-order valence-corrected chi connectivity index (χ1v) is 8.98. The SMILES string of the molecule is CCN(Cc1nc2ccccc2c(=O)[nH]1)C(=O)C1CCCCC1(C)N.Cl. The number of nitrogens with two attached hydrogens (primary N) is 1. The fourth-order valence-electron chi connectivity index (χ4n) is 3.72. The highest BCUT2D eigenvalue weighted by Crippen LogP contribution is 2.33. The number of amides is 1. The van der Waals surface area contributed by atoms with Gasteiger partial charge in [-0.05, 0) is 38.8 Å². The first-order valence-electron chi connectivity index (χ1n) is 8.98. The predicted molar refractivity (Wildman–Crippen MR) is 105 cm³/mol. The van der Waals surface area contributed by atoms with Crippen LogP contribution in [-0.2, 0) is 11.3 Å². The van der Waals surface area contributed by atoms with Gasteiger partial charge in [-0.25, -0.2) is 4.98 Å². The van der Waals surface area contributed by atoms with Crippen LogP contribution in [0.1, 0.15) is 45.4 Å². The largest absolute Gasteiger partial charge is 0.335 e. The average molecular weight is 379 g/mol. The minimum absolute atomic E-state index is 0. The van der Waals surface area contributed by atoms with Crippen LogP contribution in [0.25, 0.3) is 10.9 Å². The van der Waals surface area contributed by atoms with Crippen molar-refractivity contribution in [3.63, 3.8) is 0 Å². The molecule has 1 aliphatic carbocycles. The summed E-state index contributed by atoms with van der Waals surface area (Å²) in [5.41, 5.74) is 6.39. The van der Waals surface area contributed by atoms with Crippen LogP contribution in [0.4, 0.5) is 0 Å². The Morgan fingerprint density at radius 3 is 2.81 bits per heavy atom. The van der Waals surface area contributed by atoms with Crippen molar-refractivity contribution in [2.24, 2.45) is 11.7 Å². The molecule has 2 aromatic rings. The van der Waals surface area contributed by atoms with Crippen LogP contribution in [0, 0.1) is 5.92 Å². The lowest BCUT2D eigenvalue weighted by atomic mass is 9.74. The quantitative estimate of drug-likeness (QED) is 0.855. The van der Waals surface area contributed by atoms with Gasteiger partial charge in [-0.15, -0.1) is 12.4 Å². The van der Waals surface area contributed by atoms with Gasteiger partial charge >= 0.3 is 0 Å². The highest BCUT2D eigenvalue weighted by atomic mass is 35.5. The van der Waals surface area contributed by atoms with E-state index in [2.05, 4.69) is 9.97 Å². The fraction of sp³-hybridized carbons (Fsp3) is 0.526. The molecule has 3 N–H and O–H groups in total. The topological polar surface area (TPSA) is 92.1 Å². The smallest absolute Gasteiger partial charge is 0.258 e. The molecule has 2 unspecified atom stereocenters. The number of hydrogen-bond donors (Lipinski definition) is 2. The number of benzene rings is 1. The Hall–Kier alpha value is -1.92. The molecule has 1 aromatic carbocycles. The number of rotatable bonds is 4. The molecule has 2 atom stereocenters. The lowest BCUT2D eigenvalue weighted by Crippen LogP contribution is -2.53. The van der Waals surface area contributed by atoms with E-state index in [9.17, 15) is 9.59 Å². The van der Waals surface area contributed by atoms with Crippen molar-refractivity contribution < 1.29 is 4.79 Å². The number of aromatic amines is 1. The summed E-state index contributed by atoms with van der Waals surface area (Å²) in [6, 6.07) is 7.22. The van der Waals surface area contributed by atoms with Gasteiger partial charge in [-0.1, -0.05) is 25.0 Å². The molecule has 1 aliphatic rings. The molecule has 1 fully saturated rings. The van der Waals surface area contributed by atoms with Crippen LogP contribution < -0.4 is 11.3 Å². The van der Waals surface area contributed by atoms with Crippen molar-refractivity contribution in [1.82, 2.24) is 14.9 Å². The third kappa shape index (κ3) is 4.07. The Morgan fingerprint density at radius 2 is 2.12 bits per heavy atom. The summed E-state index contributed by atoms with van der Waals surface area (Å²) in [5, 5.41) is 0.558. The minimum atomic E-state index is -0.465. The van der Waals surface area contributed by atoms with Gasteiger partial charge in [-0.2, -0.15) is 0 Å². The third-order valence-corrected chi connectivity index (χ3v) is 5.25. The van der Waals surface area contributed by atoms with E-state index >= 15 is 0 Å². The van der Waals surface area contributed by atoms with Crippen LogP contribution in [-0.4, -0.2) is 32.9 Å². The standard InChI is InChI=1S/C19H26N4O2.ClH/c1-3-23(18(25)14-9-6-7-11-19(14,2)20)12-16-21-15-10-5-4-8-13(15)17(24)22-16;/h4-5,8,10,14H,3,6-7,9,11-12,20H2,1-2H3,(H,21,22,24);1H. The minimum Gasteiger partial charge on any atom is -0.335 e. The van der Waals surface area contributed by atoms with Crippen molar-refractivity contribution in [2.75, 3.05) is 6.54 Å². The Morgan fingerprint density at radius 1 is 1.38 bits per heavy atom. The Bertz CT molecular complexity index is 834. The Balaban J connectivity index is 0.00000243. The predicted octanol–water partition coefficient (Wildman–Crippen LogP) is 2.60. The molecule has 3 rings (SSSR count). The van der Waals surface area contributed by atoms with Crippen molar-refractivity contribution in [3.8, 4) is 0 Å². The molecule has 0 aliphatic heterocycles. The summed E-state index contributed by atoms with van der Waals surface area (Å²) in [6.45, 7) is 4.76. The zero-order valence-corrected chi connectivity index (χ0v) is 16.1. The molecule has 7 heteroatoms. The van der Waals surface area contributed by atoms with E-state index in [1.807, 2.05) is 32.0 Å². The second-order valence-electron chi connectivity index (χ2n) is 7.19. The number of para-hydroxylation sites is 1. The van der Waals surface area contributed by atoms with Crippen LogP contribution in [0.15, 0.2) is 29.1 Å². The molecule has 0 spiro atoms.